The van der Waals surface area contributed by atoms with Crippen LogP contribution in [0.15, 0.2) is 4.42 Å². The van der Waals surface area contributed by atoms with Gasteiger partial charge in [0.2, 0.25) is 11.8 Å². The van der Waals surface area contributed by atoms with E-state index in [1.165, 1.54) is 0 Å². The molecule has 1 heterocycles. The maximum absolute atomic E-state index is 10.9. The number of likely N-dealkylation sites (N-methyl/N-ethyl adjacent to an activating group) is 1. The highest BCUT2D eigenvalue weighted by atomic mass is 32.2. The summed E-state index contributed by atoms with van der Waals surface area (Å²) in [6.07, 6.45) is 1.75. The highest BCUT2D eigenvalue weighted by Crippen LogP contribution is 2.04. The molecule has 1 rings (SSSR count). The highest BCUT2D eigenvalue weighted by molar-refractivity contribution is 7.89. The van der Waals surface area contributed by atoms with Gasteiger partial charge in [0.25, 0.3) is 0 Å². The van der Waals surface area contributed by atoms with Crippen molar-refractivity contribution in [2.75, 3.05) is 19.3 Å². The minimum absolute atomic E-state index is 0.156. The van der Waals surface area contributed by atoms with Crippen LogP contribution in [0.1, 0.15) is 18.7 Å². The van der Waals surface area contributed by atoms with Crippen LogP contribution in [0.5, 0.6) is 0 Å². The third-order valence-corrected chi connectivity index (χ3v) is 2.43. The lowest BCUT2D eigenvalue weighted by molar-refractivity contribution is 0.455. The van der Waals surface area contributed by atoms with Gasteiger partial charge < -0.3 is 9.73 Å². The van der Waals surface area contributed by atoms with E-state index in [2.05, 4.69) is 15.5 Å². The molecule has 0 aromatic carbocycles. The predicted octanol–water partition coefficient (Wildman–Crippen LogP) is -0.234. The van der Waals surface area contributed by atoms with Crippen molar-refractivity contribution in [1.82, 2.24) is 15.5 Å². The molecule has 15 heavy (non-hydrogen) atoms. The van der Waals surface area contributed by atoms with Gasteiger partial charge in [-0.15, -0.1) is 10.2 Å². The molecular weight excluding hydrogens is 218 g/mol. The summed E-state index contributed by atoms with van der Waals surface area (Å²) in [5.41, 5.74) is 0. The largest absolute Gasteiger partial charge is 0.424 e. The summed E-state index contributed by atoms with van der Waals surface area (Å²) >= 11 is 0. The Hall–Kier alpha value is -0.950. The molecule has 0 fully saturated rings. The molecule has 1 aromatic heterocycles. The van der Waals surface area contributed by atoms with E-state index >= 15 is 0 Å². The van der Waals surface area contributed by atoms with E-state index < -0.39 is 9.84 Å². The second-order valence-corrected chi connectivity index (χ2v) is 5.40. The summed E-state index contributed by atoms with van der Waals surface area (Å²) in [5.74, 6) is 0.430. The SMILES string of the molecule is CCNCCc1nnc(CS(C)(=O)=O)o1. The zero-order valence-corrected chi connectivity index (χ0v) is 9.67. The van der Waals surface area contributed by atoms with Gasteiger partial charge in [0.05, 0.1) is 0 Å². The van der Waals surface area contributed by atoms with Crippen molar-refractivity contribution in [3.8, 4) is 0 Å². The van der Waals surface area contributed by atoms with Crippen LogP contribution in [-0.4, -0.2) is 38.0 Å². The average Bonchev–Trinajstić information content (AvgIpc) is 2.50. The molecule has 0 radical (unpaired) electrons. The summed E-state index contributed by atoms with van der Waals surface area (Å²) in [6.45, 7) is 3.63. The molecule has 0 aliphatic carbocycles. The van der Waals surface area contributed by atoms with Crippen molar-refractivity contribution in [2.45, 2.75) is 19.1 Å². The smallest absolute Gasteiger partial charge is 0.231 e. The first kappa shape index (κ1) is 12.1. The molecule has 1 aromatic rings. The van der Waals surface area contributed by atoms with Crippen LogP contribution < -0.4 is 5.32 Å². The van der Waals surface area contributed by atoms with Crippen molar-refractivity contribution in [3.05, 3.63) is 11.8 Å². The average molecular weight is 233 g/mol. The normalized spacial score (nSPS) is 11.9. The summed E-state index contributed by atoms with van der Waals surface area (Å²) in [6, 6.07) is 0. The summed E-state index contributed by atoms with van der Waals surface area (Å²) in [5, 5.41) is 10.5. The Kier molecular flexibility index (Phi) is 4.22. The van der Waals surface area contributed by atoms with Crippen LogP contribution in [0.25, 0.3) is 0 Å². The van der Waals surface area contributed by atoms with Gasteiger partial charge >= 0.3 is 0 Å². The van der Waals surface area contributed by atoms with Gasteiger partial charge in [0.15, 0.2) is 9.84 Å². The fourth-order valence-electron chi connectivity index (χ4n) is 1.04. The monoisotopic (exact) mass is 233 g/mol. The van der Waals surface area contributed by atoms with Gasteiger partial charge in [-0.2, -0.15) is 0 Å². The first-order chi connectivity index (χ1) is 7.01. The van der Waals surface area contributed by atoms with E-state index in [-0.39, 0.29) is 11.6 Å². The summed E-state index contributed by atoms with van der Waals surface area (Å²) < 4.78 is 27.0. The fraction of sp³-hybridized carbons (Fsp3) is 0.750. The van der Waals surface area contributed by atoms with Gasteiger partial charge in [0, 0.05) is 19.2 Å². The lowest BCUT2D eigenvalue weighted by Gasteiger charge is -1.95. The maximum atomic E-state index is 10.9. The molecule has 0 unspecified atom stereocenters. The molecule has 0 spiro atoms. The Balaban J connectivity index is 2.49. The lowest BCUT2D eigenvalue weighted by Crippen LogP contribution is -2.16. The number of rotatable bonds is 6. The number of nitrogens with one attached hydrogen (secondary N) is 1. The lowest BCUT2D eigenvalue weighted by atomic mass is 10.4. The Morgan fingerprint density at radius 1 is 1.33 bits per heavy atom. The van der Waals surface area contributed by atoms with Crippen LogP contribution in [0.4, 0.5) is 0 Å². The molecule has 0 aliphatic heterocycles. The number of nitrogens with zero attached hydrogens (tertiary/aromatic N) is 2. The highest BCUT2D eigenvalue weighted by Gasteiger charge is 2.11. The second-order valence-electron chi connectivity index (χ2n) is 3.26. The Bertz CT molecular complexity index is 399. The van der Waals surface area contributed by atoms with Crippen molar-refractivity contribution in [1.29, 1.82) is 0 Å². The molecule has 6 nitrogen and oxygen atoms in total. The number of sulfone groups is 1. The summed E-state index contributed by atoms with van der Waals surface area (Å²) in [4.78, 5) is 0. The number of hydrogen-bond donors (Lipinski definition) is 1. The van der Waals surface area contributed by atoms with Crippen molar-refractivity contribution in [2.24, 2.45) is 0 Å². The minimum Gasteiger partial charge on any atom is -0.424 e. The molecule has 0 saturated heterocycles. The topological polar surface area (TPSA) is 85.1 Å². The number of aromatic nitrogens is 2. The molecule has 86 valence electrons. The van der Waals surface area contributed by atoms with Crippen molar-refractivity contribution >= 4 is 9.84 Å². The van der Waals surface area contributed by atoms with Gasteiger partial charge in [-0.25, -0.2) is 8.42 Å². The molecule has 7 heteroatoms. The fourth-order valence-corrected chi connectivity index (χ4v) is 1.61. The van der Waals surface area contributed by atoms with Crippen LogP contribution in [0.2, 0.25) is 0 Å². The van der Waals surface area contributed by atoms with Crippen LogP contribution in [0, 0.1) is 0 Å². The predicted molar refractivity (Wildman–Crippen MR) is 55.1 cm³/mol. The van der Waals surface area contributed by atoms with E-state index in [1.807, 2.05) is 6.92 Å². The first-order valence-electron chi connectivity index (χ1n) is 4.71. The minimum atomic E-state index is -3.10. The molecule has 0 atom stereocenters. The van der Waals surface area contributed by atoms with E-state index in [0.29, 0.717) is 12.3 Å². The third-order valence-electron chi connectivity index (χ3n) is 1.66. The Labute approximate surface area is 89.0 Å². The van der Waals surface area contributed by atoms with Gasteiger partial charge in [-0.1, -0.05) is 6.92 Å². The molecule has 0 bridgehead atoms. The molecule has 0 aliphatic rings. The third kappa shape index (κ3) is 4.89. The standard InChI is InChI=1S/C8H15N3O3S/c1-3-9-5-4-7-10-11-8(14-7)6-15(2,12)13/h9H,3-6H2,1-2H3. The molecule has 0 saturated carbocycles. The zero-order chi connectivity index (χ0) is 11.3. The van der Waals surface area contributed by atoms with Crippen molar-refractivity contribution < 1.29 is 12.8 Å². The van der Waals surface area contributed by atoms with Gasteiger partial charge in [-0.3, -0.25) is 0 Å². The number of hydrogen-bond acceptors (Lipinski definition) is 6. The van der Waals surface area contributed by atoms with Crippen LogP contribution in [0.3, 0.4) is 0 Å². The first-order valence-corrected chi connectivity index (χ1v) is 6.77. The zero-order valence-electron chi connectivity index (χ0n) is 8.86. The van der Waals surface area contributed by atoms with Crippen LogP contribution in [-0.2, 0) is 22.0 Å². The molecule has 1 N–H and O–H groups in total. The molecule has 0 amide bonds. The van der Waals surface area contributed by atoms with E-state index in [0.717, 1.165) is 19.3 Å². The Morgan fingerprint density at radius 3 is 2.60 bits per heavy atom. The van der Waals surface area contributed by atoms with Gasteiger partial charge in [-0.05, 0) is 6.54 Å². The van der Waals surface area contributed by atoms with Crippen molar-refractivity contribution in [3.63, 3.8) is 0 Å². The Morgan fingerprint density at radius 2 is 2.00 bits per heavy atom. The quantitative estimate of drug-likeness (QED) is 0.683. The van der Waals surface area contributed by atoms with E-state index in [9.17, 15) is 8.42 Å². The van der Waals surface area contributed by atoms with Crippen LogP contribution >= 0.6 is 0 Å². The second kappa shape index (κ2) is 5.22. The van der Waals surface area contributed by atoms with E-state index in [4.69, 9.17) is 4.42 Å². The van der Waals surface area contributed by atoms with E-state index in [1.54, 1.807) is 0 Å². The molecular formula is C8H15N3O3S. The van der Waals surface area contributed by atoms with Gasteiger partial charge in [0.1, 0.15) is 5.75 Å². The maximum Gasteiger partial charge on any atom is 0.231 e. The summed E-state index contributed by atoms with van der Waals surface area (Å²) in [7, 11) is -3.10.